The van der Waals surface area contributed by atoms with E-state index in [1.54, 1.807) is 6.07 Å². The topological polar surface area (TPSA) is 37.2 Å². The van der Waals surface area contributed by atoms with E-state index in [-0.39, 0.29) is 0 Å². The molecule has 3 rings (SSSR count). The van der Waals surface area contributed by atoms with Crippen molar-refractivity contribution in [3.8, 4) is 5.75 Å². The van der Waals surface area contributed by atoms with Gasteiger partial charge < -0.3 is 15.0 Å². The van der Waals surface area contributed by atoms with Gasteiger partial charge in [0.25, 0.3) is 0 Å². The quantitative estimate of drug-likeness (QED) is 0.757. The lowest BCUT2D eigenvalue weighted by Crippen LogP contribution is -2.05. The lowest BCUT2D eigenvalue weighted by Gasteiger charge is -2.10. The van der Waals surface area contributed by atoms with Crippen molar-refractivity contribution in [1.29, 1.82) is 0 Å². The zero-order chi connectivity index (χ0) is 15.0. The Morgan fingerprint density at radius 2 is 1.86 bits per heavy atom. The fraction of sp³-hybridized carbons (Fsp3) is 0.222. The third kappa shape index (κ3) is 2.35. The van der Waals surface area contributed by atoms with Crippen LogP contribution < -0.4 is 5.32 Å². The number of rotatable bonds is 3. The zero-order valence-electron chi connectivity index (χ0n) is 12.6. The molecular weight excluding hydrogens is 260 g/mol. The van der Waals surface area contributed by atoms with Crippen molar-refractivity contribution in [3.05, 3.63) is 59.3 Å². The number of aryl methyl sites for hydroxylation is 3. The van der Waals surface area contributed by atoms with Crippen molar-refractivity contribution in [2.24, 2.45) is 7.05 Å². The van der Waals surface area contributed by atoms with E-state index >= 15 is 0 Å². The van der Waals surface area contributed by atoms with Crippen LogP contribution in [0.4, 0.5) is 5.69 Å². The Morgan fingerprint density at radius 1 is 1.10 bits per heavy atom. The largest absolute Gasteiger partial charge is 0.508 e. The third-order valence-corrected chi connectivity index (χ3v) is 4.18. The molecular formula is C18H20N2O. The first-order chi connectivity index (χ1) is 10.1. The average molecular weight is 280 g/mol. The Kier molecular flexibility index (Phi) is 3.34. The van der Waals surface area contributed by atoms with E-state index in [1.165, 1.54) is 22.2 Å². The summed E-state index contributed by atoms with van der Waals surface area (Å²) in [5.41, 5.74) is 5.64. The second kappa shape index (κ2) is 5.17. The lowest BCUT2D eigenvalue weighted by molar-refractivity contribution is 0.471. The number of phenolic OH excluding ortho intramolecular Hbond substituents is 1. The van der Waals surface area contributed by atoms with Crippen molar-refractivity contribution in [1.82, 2.24) is 4.57 Å². The van der Waals surface area contributed by atoms with Crippen molar-refractivity contribution in [3.63, 3.8) is 0 Å². The summed E-state index contributed by atoms with van der Waals surface area (Å²) < 4.78 is 2.23. The number of phenols is 1. The van der Waals surface area contributed by atoms with E-state index in [9.17, 15) is 5.11 Å². The molecule has 3 nitrogen and oxygen atoms in total. The molecule has 108 valence electrons. The molecule has 1 aromatic heterocycles. The summed E-state index contributed by atoms with van der Waals surface area (Å²) in [5.74, 6) is 0.328. The Balaban J connectivity index is 1.90. The van der Waals surface area contributed by atoms with E-state index in [0.717, 1.165) is 17.8 Å². The Bertz CT molecular complexity index is 763. The SMILES string of the molecule is Cc1ccc(NCc2c(C)c3ccccc3n2C)cc1O. The highest BCUT2D eigenvalue weighted by molar-refractivity contribution is 5.85. The number of anilines is 1. The maximum absolute atomic E-state index is 9.78. The summed E-state index contributed by atoms with van der Waals surface area (Å²) in [6.45, 7) is 4.79. The monoisotopic (exact) mass is 280 g/mol. The number of hydrogen-bond acceptors (Lipinski definition) is 2. The van der Waals surface area contributed by atoms with Crippen molar-refractivity contribution in [2.45, 2.75) is 20.4 Å². The fourth-order valence-electron chi connectivity index (χ4n) is 2.79. The molecule has 2 aromatic carbocycles. The minimum absolute atomic E-state index is 0.328. The number of hydrogen-bond donors (Lipinski definition) is 2. The molecule has 0 saturated heterocycles. The summed E-state index contributed by atoms with van der Waals surface area (Å²) >= 11 is 0. The van der Waals surface area contributed by atoms with Gasteiger partial charge in [0.05, 0.1) is 6.54 Å². The second-order valence-electron chi connectivity index (χ2n) is 5.50. The van der Waals surface area contributed by atoms with Crippen LogP contribution >= 0.6 is 0 Å². The van der Waals surface area contributed by atoms with Gasteiger partial charge in [0.1, 0.15) is 5.75 Å². The van der Waals surface area contributed by atoms with Gasteiger partial charge in [0.15, 0.2) is 0 Å². The molecule has 0 amide bonds. The smallest absolute Gasteiger partial charge is 0.120 e. The summed E-state index contributed by atoms with van der Waals surface area (Å²) in [5, 5.41) is 14.5. The van der Waals surface area contributed by atoms with Crippen LogP contribution in [-0.2, 0) is 13.6 Å². The van der Waals surface area contributed by atoms with Gasteiger partial charge in [0.2, 0.25) is 0 Å². The predicted octanol–water partition coefficient (Wildman–Crippen LogP) is 4.11. The van der Waals surface area contributed by atoms with Gasteiger partial charge >= 0.3 is 0 Å². The minimum atomic E-state index is 0.328. The van der Waals surface area contributed by atoms with Crippen molar-refractivity contribution >= 4 is 16.6 Å². The Labute approximate surface area is 124 Å². The molecule has 21 heavy (non-hydrogen) atoms. The van der Waals surface area contributed by atoms with Crippen LogP contribution in [-0.4, -0.2) is 9.67 Å². The van der Waals surface area contributed by atoms with Crippen molar-refractivity contribution < 1.29 is 5.11 Å². The number of nitrogens with zero attached hydrogens (tertiary/aromatic N) is 1. The molecule has 0 radical (unpaired) electrons. The third-order valence-electron chi connectivity index (χ3n) is 4.18. The molecule has 0 saturated carbocycles. The Morgan fingerprint density at radius 3 is 2.57 bits per heavy atom. The van der Waals surface area contributed by atoms with Crippen LogP contribution in [0.25, 0.3) is 10.9 Å². The zero-order valence-corrected chi connectivity index (χ0v) is 12.6. The number of benzene rings is 2. The summed E-state index contributed by atoms with van der Waals surface area (Å²) in [7, 11) is 2.10. The normalized spacial score (nSPS) is 11.0. The number of aromatic hydroxyl groups is 1. The van der Waals surface area contributed by atoms with Crippen LogP contribution in [0.15, 0.2) is 42.5 Å². The molecule has 0 unspecified atom stereocenters. The Hall–Kier alpha value is -2.42. The van der Waals surface area contributed by atoms with Crippen LogP contribution in [0.2, 0.25) is 0 Å². The molecule has 2 N–H and O–H groups in total. The lowest BCUT2D eigenvalue weighted by atomic mass is 10.1. The molecule has 0 aliphatic carbocycles. The highest BCUT2D eigenvalue weighted by Crippen LogP contribution is 2.26. The highest BCUT2D eigenvalue weighted by atomic mass is 16.3. The molecule has 0 spiro atoms. The van der Waals surface area contributed by atoms with Crippen LogP contribution in [0, 0.1) is 13.8 Å². The molecule has 3 aromatic rings. The van der Waals surface area contributed by atoms with Crippen molar-refractivity contribution in [2.75, 3.05) is 5.32 Å². The summed E-state index contributed by atoms with van der Waals surface area (Å²) in [6, 6.07) is 14.1. The first kappa shape index (κ1) is 13.6. The standard InChI is InChI=1S/C18H20N2O/c1-12-8-9-14(10-18(12)21)19-11-17-13(2)15-6-4-5-7-16(15)20(17)3/h4-10,19,21H,11H2,1-3H3. The van der Waals surface area contributed by atoms with E-state index in [0.29, 0.717) is 5.75 Å². The summed E-state index contributed by atoms with van der Waals surface area (Å²) in [6.07, 6.45) is 0. The number of fused-ring (bicyclic) bond motifs is 1. The van der Waals surface area contributed by atoms with Gasteiger partial charge in [-0.05, 0) is 37.1 Å². The van der Waals surface area contributed by atoms with Gasteiger partial charge in [-0.25, -0.2) is 0 Å². The molecule has 1 heterocycles. The highest BCUT2D eigenvalue weighted by Gasteiger charge is 2.10. The number of aromatic nitrogens is 1. The van der Waals surface area contributed by atoms with Gasteiger partial charge in [0, 0.05) is 35.4 Å². The molecule has 0 bridgehead atoms. The number of nitrogens with one attached hydrogen (secondary N) is 1. The maximum Gasteiger partial charge on any atom is 0.120 e. The van der Waals surface area contributed by atoms with Gasteiger partial charge in [-0.2, -0.15) is 0 Å². The van der Waals surface area contributed by atoms with Gasteiger partial charge in [-0.3, -0.25) is 0 Å². The number of para-hydroxylation sites is 1. The van der Waals surface area contributed by atoms with E-state index in [1.807, 2.05) is 19.1 Å². The first-order valence-corrected chi connectivity index (χ1v) is 7.14. The fourth-order valence-corrected chi connectivity index (χ4v) is 2.79. The van der Waals surface area contributed by atoms with Crippen LogP contribution in [0.1, 0.15) is 16.8 Å². The molecule has 0 aliphatic rings. The van der Waals surface area contributed by atoms with E-state index in [4.69, 9.17) is 0 Å². The minimum Gasteiger partial charge on any atom is -0.508 e. The molecule has 3 heteroatoms. The van der Waals surface area contributed by atoms with E-state index in [2.05, 4.69) is 48.1 Å². The van der Waals surface area contributed by atoms with Crippen LogP contribution in [0.3, 0.4) is 0 Å². The van der Waals surface area contributed by atoms with Gasteiger partial charge in [-0.15, -0.1) is 0 Å². The second-order valence-corrected chi connectivity index (χ2v) is 5.50. The molecule has 0 atom stereocenters. The predicted molar refractivity (Wildman–Crippen MR) is 87.8 cm³/mol. The molecule has 0 fully saturated rings. The molecule has 0 aliphatic heterocycles. The van der Waals surface area contributed by atoms with E-state index < -0.39 is 0 Å². The van der Waals surface area contributed by atoms with Gasteiger partial charge in [-0.1, -0.05) is 24.3 Å². The van der Waals surface area contributed by atoms with Crippen LogP contribution in [0.5, 0.6) is 5.75 Å². The maximum atomic E-state index is 9.78. The summed E-state index contributed by atoms with van der Waals surface area (Å²) in [4.78, 5) is 0. The first-order valence-electron chi connectivity index (χ1n) is 7.14. The average Bonchev–Trinajstić information content (AvgIpc) is 2.73.